The summed E-state index contributed by atoms with van der Waals surface area (Å²) >= 11 is 0. The summed E-state index contributed by atoms with van der Waals surface area (Å²) in [4.78, 5) is 12.0. The molecule has 4 rings (SSSR count). The molecule has 4 heteroatoms. The Morgan fingerprint density at radius 1 is 1.25 bits per heavy atom. The molecule has 1 unspecified atom stereocenters. The number of rotatable bonds is 2. The molecule has 0 spiro atoms. The third kappa shape index (κ3) is 2.54. The zero-order valence-electron chi connectivity index (χ0n) is 12.9. The van der Waals surface area contributed by atoms with E-state index in [1.54, 1.807) is 0 Å². The maximum absolute atomic E-state index is 12.0. The van der Waals surface area contributed by atoms with E-state index in [0.29, 0.717) is 23.3 Å². The van der Waals surface area contributed by atoms with Gasteiger partial charge in [0.15, 0.2) is 0 Å². The molecule has 0 aliphatic heterocycles. The Morgan fingerprint density at radius 2 is 1.85 bits per heavy atom. The molecule has 20 heavy (non-hydrogen) atoms. The van der Waals surface area contributed by atoms with Crippen LogP contribution in [0, 0.1) is 23.2 Å². The van der Waals surface area contributed by atoms with Gasteiger partial charge in [0.1, 0.15) is 5.60 Å². The van der Waals surface area contributed by atoms with Crippen molar-refractivity contribution < 1.29 is 9.53 Å². The van der Waals surface area contributed by atoms with Crippen LogP contribution < -0.4 is 11.1 Å². The Labute approximate surface area is 121 Å². The van der Waals surface area contributed by atoms with Crippen LogP contribution >= 0.6 is 0 Å². The fourth-order valence-electron chi connectivity index (χ4n) is 5.12. The normalized spacial score (nSPS) is 42.6. The summed E-state index contributed by atoms with van der Waals surface area (Å²) in [5.74, 6) is 2.06. The molecule has 0 saturated heterocycles. The Hall–Kier alpha value is -0.770. The first-order valence-corrected chi connectivity index (χ1v) is 8.00. The monoisotopic (exact) mass is 280 g/mol. The highest BCUT2D eigenvalue weighted by atomic mass is 16.6. The molecule has 114 valence electrons. The maximum Gasteiger partial charge on any atom is 0.407 e. The van der Waals surface area contributed by atoms with Gasteiger partial charge in [0.05, 0.1) is 0 Å². The van der Waals surface area contributed by atoms with Gasteiger partial charge in [-0.05, 0) is 82.6 Å². The van der Waals surface area contributed by atoms with Crippen molar-refractivity contribution in [3.05, 3.63) is 0 Å². The molecule has 3 N–H and O–H groups in total. The van der Waals surface area contributed by atoms with E-state index in [0.717, 1.165) is 12.5 Å². The lowest BCUT2D eigenvalue weighted by molar-refractivity contribution is -0.0722. The summed E-state index contributed by atoms with van der Waals surface area (Å²) in [6.07, 6.45) is 5.97. The predicted molar refractivity (Wildman–Crippen MR) is 78.2 cm³/mol. The van der Waals surface area contributed by atoms with Gasteiger partial charge >= 0.3 is 6.09 Å². The van der Waals surface area contributed by atoms with E-state index in [-0.39, 0.29) is 6.09 Å². The van der Waals surface area contributed by atoms with Gasteiger partial charge in [0, 0.05) is 6.04 Å². The average molecular weight is 280 g/mol. The van der Waals surface area contributed by atoms with E-state index in [2.05, 4.69) is 5.32 Å². The molecule has 4 saturated carbocycles. The summed E-state index contributed by atoms with van der Waals surface area (Å²) in [6.45, 7) is 6.54. The third-order valence-electron chi connectivity index (χ3n) is 5.52. The molecule has 4 aliphatic carbocycles. The zero-order chi connectivity index (χ0) is 14.5. The van der Waals surface area contributed by atoms with Gasteiger partial charge in [-0.2, -0.15) is 0 Å². The number of hydrogen-bond donors (Lipinski definition) is 2. The first-order valence-electron chi connectivity index (χ1n) is 8.00. The van der Waals surface area contributed by atoms with E-state index in [1.165, 1.54) is 32.1 Å². The number of ether oxygens (including phenoxy) is 1. The minimum Gasteiger partial charge on any atom is -0.444 e. The van der Waals surface area contributed by atoms with E-state index in [4.69, 9.17) is 10.5 Å². The quantitative estimate of drug-likeness (QED) is 0.817. The van der Waals surface area contributed by atoms with Crippen molar-refractivity contribution in [1.82, 2.24) is 5.32 Å². The van der Waals surface area contributed by atoms with Crippen LogP contribution in [0.15, 0.2) is 0 Å². The molecule has 4 bridgehead atoms. The van der Waals surface area contributed by atoms with Crippen molar-refractivity contribution in [1.29, 1.82) is 0 Å². The zero-order valence-corrected chi connectivity index (χ0v) is 12.9. The van der Waals surface area contributed by atoms with Crippen LogP contribution in [0.1, 0.15) is 52.9 Å². The highest BCUT2D eigenvalue weighted by Crippen LogP contribution is 2.59. The van der Waals surface area contributed by atoms with Crippen molar-refractivity contribution >= 4 is 6.09 Å². The average Bonchev–Trinajstić information content (AvgIpc) is 2.31. The number of carbonyl (C=O) groups excluding carboxylic acids is 1. The topological polar surface area (TPSA) is 64.3 Å². The van der Waals surface area contributed by atoms with Crippen LogP contribution in [0.25, 0.3) is 0 Å². The third-order valence-corrected chi connectivity index (χ3v) is 5.52. The molecule has 0 radical (unpaired) electrons. The van der Waals surface area contributed by atoms with E-state index < -0.39 is 5.60 Å². The van der Waals surface area contributed by atoms with Crippen LogP contribution in [0.4, 0.5) is 4.79 Å². The Bertz CT molecular complexity index is 386. The highest BCUT2D eigenvalue weighted by molar-refractivity contribution is 5.68. The molecule has 4 aliphatic rings. The second-order valence-electron chi connectivity index (χ2n) is 8.35. The lowest BCUT2D eigenvalue weighted by Gasteiger charge is -2.59. The van der Waals surface area contributed by atoms with Crippen LogP contribution in [0.5, 0.6) is 0 Å². The standard InChI is InChI=1S/C16H28N2O2/c1-15(2,3)20-14(19)18-13-11-4-10-5-12(13)8-16(6-10,7-11)9-17/h10-13H,4-9,17H2,1-3H3,(H,18,19)/t10?,11-,12+,13-,16-. The van der Waals surface area contributed by atoms with E-state index in [9.17, 15) is 4.79 Å². The molecule has 5 atom stereocenters. The molecular weight excluding hydrogens is 252 g/mol. The largest absolute Gasteiger partial charge is 0.444 e. The molecule has 0 aromatic carbocycles. The van der Waals surface area contributed by atoms with Crippen LogP contribution in [-0.2, 0) is 4.74 Å². The summed E-state index contributed by atoms with van der Waals surface area (Å²) in [6, 6.07) is 0.307. The van der Waals surface area contributed by atoms with Crippen LogP contribution in [0.2, 0.25) is 0 Å². The molecule has 4 nitrogen and oxygen atoms in total. The van der Waals surface area contributed by atoms with Crippen molar-refractivity contribution in [3.8, 4) is 0 Å². The maximum atomic E-state index is 12.0. The minimum atomic E-state index is -0.422. The smallest absolute Gasteiger partial charge is 0.407 e. The number of nitrogens with two attached hydrogens (primary N) is 1. The lowest BCUT2D eigenvalue weighted by atomic mass is 9.48. The predicted octanol–water partition coefficient (Wildman–Crippen LogP) is 2.66. The van der Waals surface area contributed by atoms with Gasteiger partial charge in [-0.1, -0.05) is 0 Å². The highest BCUT2D eigenvalue weighted by Gasteiger charge is 2.55. The molecule has 0 heterocycles. The number of amides is 1. The van der Waals surface area contributed by atoms with Crippen molar-refractivity contribution in [2.75, 3.05) is 6.54 Å². The Morgan fingerprint density at radius 3 is 2.35 bits per heavy atom. The Kier molecular flexibility index (Phi) is 3.27. The SMILES string of the molecule is CC(C)(C)OC(=O)N[C@@H]1[C@@H]2CC3C[C@H]1C[C@@](CN)(C3)C2. The summed E-state index contributed by atoms with van der Waals surface area (Å²) in [7, 11) is 0. The Balaban J connectivity index is 1.67. The first kappa shape index (κ1) is 14.2. The van der Waals surface area contributed by atoms with Gasteiger partial charge in [-0.3, -0.25) is 0 Å². The summed E-state index contributed by atoms with van der Waals surface area (Å²) < 4.78 is 5.42. The summed E-state index contributed by atoms with van der Waals surface area (Å²) in [5, 5.41) is 3.16. The molecule has 0 aromatic rings. The van der Waals surface area contributed by atoms with Gasteiger partial charge in [0.2, 0.25) is 0 Å². The number of alkyl carbamates (subject to hydrolysis) is 1. The van der Waals surface area contributed by atoms with E-state index >= 15 is 0 Å². The van der Waals surface area contributed by atoms with Crippen LogP contribution in [-0.4, -0.2) is 24.3 Å². The fraction of sp³-hybridized carbons (Fsp3) is 0.938. The van der Waals surface area contributed by atoms with E-state index in [1.807, 2.05) is 20.8 Å². The molecule has 1 amide bonds. The second kappa shape index (κ2) is 4.62. The fourth-order valence-corrected chi connectivity index (χ4v) is 5.12. The number of carbonyl (C=O) groups is 1. The van der Waals surface area contributed by atoms with Crippen molar-refractivity contribution in [3.63, 3.8) is 0 Å². The van der Waals surface area contributed by atoms with Gasteiger partial charge < -0.3 is 15.8 Å². The van der Waals surface area contributed by atoms with Crippen LogP contribution in [0.3, 0.4) is 0 Å². The minimum absolute atomic E-state index is 0.253. The second-order valence-corrected chi connectivity index (χ2v) is 8.35. The van der Waals surface area contributed by atoms with Crippen molar-refractivity contribution in [2.45, 2.75) is 64.5 Å². The van der Waals surface area contributed by atoms with Crippen molar-refractivity contribution in [2.24, 2.45) is 28.9 Å². The molecule has 0 aromatic heterocycles. The number of hydrogen-bond acceptors (Lipinski definition) is 3. The van der Waals surface area contributed by atoms with Gasteiger partial charge in [-0.25, -0.2) is 4.79 Å². The first-order chi connectivity index (χ1) is 9.30. The molecule has 4 fully saturated rings. The molecular formula is C16H28N2O2. The lowest BCUT2D eigenvalue weighted by Crippen LogP contribution is -2.61. The summed E-state index contributed by atoms with van der Waals surface area (Å²) in [5.41, 5.74) is 6.00. The van der Waals surface area contributed by atoms with Gasteiger partial charge in [-0.15, -0.1) is 0 Å². The number of nitrogens with one attached hydrogen (secondary N) is 1. The van der Waals surface area contributed by atoms with Gasteiger partial charge in [0.25, 0.3) is 0 Å².